The van der Waals surface area contributed by atoms with Gasteiger partial charge in [-0.2, -0.15) is 4.98 Å². The minimum atomic E-state index is -0.290. The number of benzene rings is 2. The topological polar surface area (TPSA) is 91.0 Å². The summed E-state index contributed by atoms with van der Waals surface area (Å²) >= 11 is 0. The van der Waals surface area contributed by atoms with E-state index in [9.17, 15) is 9.18 Å². The SMILES string of the molecule is CCNC(=O)c1cnc(Nc2ccc3c(c2)CNCC3)nc1Nc1ccc(F)c(C)c1. The molecule has 4 N–H and O–H groups in total. The van der Waals surface area contributed by atoms with Crippen molar-refractivity contribution in [2.75, 3.05) is 23.7 Å². The van der Waals surface area contributed by atoms with Gasteiger partial charge < -0.3 is 21.3 Å². The fourth-order valence-electron chi connectivity index (χ4n) is 3.51. The Balaban J connectivity index is 1.63. The Hall–Kier alpha value is -3.52. The van der Waals surface area contributed by atoms with E-state index in [1.165, 1.54) is 23.4 Å². The third-order valence-electron chi connectivity index (χ3n) is 5.14. The van der Waals surface area contributed by atoms with Gasteiger partial charge in [-0.25, -0.2) is 9.37 Å². The maximum Gasteiger partial charge on any atom is 0.256 e. The summed E-state index contributed by atoms with van der Waals surface area (Å²) in [5.74, 6) is 0.129. The molecule has 7 nitrogen and oxygen atoms in total. The molecular formula is C23H25FN6O. The maximum atomic E-state index is 13.6. The fourth-order valence-corrected chi connectivity index (χ4v) is 3.51. The molecule has 0 fully saturated rings. The van der Waals surface area contributed by atoms with E-state index in [0.29, 0.717) is 35.1 Å². The number of halogens is 1. The number of carbonyl (C=O) groups is 1. The number of aromatic nitrogens is 2. The molecule has 1 aliphatic rings. The zero-order chi connectivity index (χ0) is 21.8. The van der Waals surface area contributed by atoms with Crippen LogP contribution in [0.25, 0.3) is 0 Å². The Labute approximate surface area is 180 Å². The van der Waals surface area contributed by atoms with Crippen LogP contribution in [0.1, 0.15) is 34.0 Å². The lowest BCUT2D eigenvalue weighted by molar-refractivity contribution is 0.0956. The average Bonchev–Trinajstić information content (AvgIpc) is 2.76. The van der Waals surface area contributed by atoms with Crippen molar-refractivity contribution in [3.63, 3.8) is 0 Å². The Kier molecular flexibility index (Phi) is 6.08. The van der Waals surface area contributed by atoms with E-state index in [0.717, 1.165) is 25.2 Å². The predicted molar refractivity (Wildman–Crippen MR) is 120 cm³/mol. The highest BCUT2D eigenvalue weighted by molar-refractivity contribution is 5.99. The van der Waals surface area contributed by atoms with Gasteiger partial charge in [0.15, 0.2) is 0 Å². The first kappa shape index (κ1) is 20.7. The molecule has 1 aliphatic heterocycles. The first-order valence-electron chi connectivity index (χ1n) is 10.3. The monoisotopic (exact) mass is 420 g/mol. The first-order valence-corrected chi connectivity index (χ1v) is 10.3. The lowest BCUT2D eigenvalue weighted by Gasteiger charge is -2.18. The molecule has 1 amide bonds. The van der Waals surface area contributed by atoms with Crippen LogP contribution in [0.2, 0.25) is 0 Å². The van der Waals surface area contributed by atoms with Crippen molar-refractivity contribution < 1.29 is 9.18 Å². The summed E-state index contributed by atoms with van der Waals surface area (Å²) in [6.45, 7) is 5.83. The van der Waals surface area contributed by atoms with Gasteiger partial charge in [-0.1, -0.05) is 6.07 Å². The average molecular weight is 420 g/mol. The van der Waals surface area contributed by atoms with Gasteiger partial charge >= 0.3 is 0 Å². The summed E-state index contributed by atoms with van der Waals surface area (Å²) in [5, 5.41) is 12.5. The smallest absolute Gasteiger partial charge is 0.256 e. The van der Waals surface area contributed by atoms with E-state index in [4.69, 9.17) is 0 Å². The maximum absolute atomic E-state index is 13.6. The molecule has 8 heteroatoms. The number of hydrogen-bond acceptors (Lipinski definition) is 6. The number of hydrogen-bond donors (Lipinski definition) is 4. The minimum Gasteiger partial charge on any atom is -0.352 e. The summed E-state index contributed by atoms with van der Waals surface area (Å²) in [7, 11) is 0. The van der Waals surface area contributed by atoms with Gasteiger partial charge in [0.25, 0.3) is 5.91 Å². The molecule has 0 radical (unpaired) electrons. The second-order valence-corrected chi connectivity index (χ2v) is 7.44. The lowest BCUT2D eigenvalue weighted by atomic mass is 10.0. The highest BCUT2D eigenvalue weighted by Gasteiger charge is 2.16. The molecule has 0 spiro atoms. The summed E-state index contributed by atoms with van der Waals surface area (Å²) in [4.78, 5) is 21.3. The summed E-state index contributed by atoms with van der Waals surface area (Å²) in [6.07, 6.45) is 2.50. The molecule has 2 aromatic carbocycles. The van der Waals surface area contributed by atoms with Crippen molar-refractivity contribution in [1.82, 2.24) is 20.6 Å². The molecule has 0 atom stereocenters. The third kappa shape index (κ3) is 4.80. The van der Waals surface area contributed by atoms with Crippen molar-refractivity contribution in [1.29, 1.82) is 0 Å². The second kappa shape index (κ2) is 9.09. The Morgan fingerprint density at radius 3 is 2.74 bits per heavy atom. The minimum absolute atomic E-state index is 0.282. The quantitative estimate of drug-likeness (QED) is 0.485. The van der Waals surface area contributed by atoms with Crippen LogP contribution in [0, 0.1) is 12.7 Å². The van der Waals surface area contributed by atoms with Crippen LogP contribution in [0.4, 0.5) is 27.5 Å². The van der Waals surface area contributed by atoms with E-state index in [1.54, 1.807) is 19.1 Å². The van der Waals surface area contributed by atoms with Crippen LogP contribution in [0.3, 0.4) is 0 Å². The molecule has 0 saturated heterocycles. The first-order chi connectivity index (χ1) is 15.0. The molecule has 0 aliphatic carbocycles. The third-order valence-corrected chi connectivity index (χ3v) is 5.14. The zero-order valence-corrected chi connectivity index (χ0v) is 17.6. The van der Waals surface area contributed by atoms with Crippen LogP contribution in [0.5, 0.6) is 0 Å². The summed E-state index contributed by atoms with van der Waals surface area (Å²) in [5.41, 5.74) is 4.90. The van der Waals surface area contributed by atoms with Gasteiger partial charge in [0.1, 0.15) is 17.2 Å². The highest BCUT2D eigenvalue weighted by atomic mass is 19.1. The van der Waals surface area contributed by atoms with E-state index in [2.05, 4.69) is 43.4 Å². The lowest BCUT2D eigenvalue weighted by Crippen LogP contribution is -2.24. The van der Waals surface area contributed by atoms with Crippen molar-refractivity contribution >= 4 is 29.0 Å². The van der Waals surface area contributed by atoms with Gasteiger partial charge in [-0.15, -0.1) is 0 Å². The molecule has 0 saturated carbocycles. The number of nitrogens with one attached hydrogen (secondary N) is 4. The van der Waals surface area contributed by atoms with Gasteiger partial charge in [-0.3, -0.25) is 4.79 Å². The number of rotatable bonds is 6. The molecule has 160 valence electrons. The van der Waals surface area contributed by atoms with Gasteiger partial charge in [0.05, 0.1) is 0 Å². The largest absolute Gasteiger partial charge is 0.352 e. The van der Waals surface area contributed by atoms with Crippen LogP contribution in [-0.4, -0.2) is 29.0 Å². The second-order valence-electron chi connectivity index (χ2n) is 7.44. The molecule has 1 aromatic heterocycles. The zero-order valence-electron chi connectivity index (χ0n) is 17.6. The molecular weight excluding hydrogens is 395 g/mol. The molecule has 0 unspecified atom stereocenters. The van der Waals surface area contributed by atoms with Crippen LogP contribution < -0.4 is 21.3 Å². The highest BCUT2D eigenvalue weighted by Crippen LogP contribution is 2.25. The molecule has 4 rings (SSSR count). The number of carbonyl (C=O) groups excluding carboxylic acids is 1. The molecule has 3 aromatic rings. The van der Waals surface area contributed by atoms with Crippen LogP contribution >= 0.6 is 0 Å². The van der Waals surface area contributed by atoms with Gasteiger partial charge in [-0.05, 0) is 73.8 Å². The van der Waals surface area contributed by atoms with Crippen molar-refractivity contribution in [2.45, 2.75) is 26.8 Å². The van der Waals surface area contributed by atoms with Crippen molar-refractivity contribution in [2.24, 2.45) is 0 Å². The van der Waals surface area contributed by atoms with E-state index >= 15 is 0 Å². The van der Waals surface area contributed by atoms with E-state index < -0.39 is 0 Å². The van der Waals surface area contributed by atoms with Crippen molar-refractivity contribution in [3.05, 3.63) is 70.7 Å². The van der Waals surface area contributed by atoms with E-state index in [-0.39, 0.29) is 11.7 Å². The Morgan fingerprint density at radius 1 is 1.13 bits per heavy atom. The van der Waals surface area contributed by atoms with Crippen LogP contribution in [0.15, 0.2) is 42.6 Å². The van der Waals surface area contributed by atoms with Crippen molar-refractivity contribution in [3.8, 4) is 0 Å². The number of anilines is 4. The normalized spacial score (nSPS) is 12.7. The van der Waals surface area contributed by atoms with Gasteiger partial charge in [0, 0.05) is 30.7 Å². The van der Waals surface area contributed by atoms with Gasteiger partial charge in [0.2, 0.25) is 5.95 Å². The number of aryl methyl sites for hydroxylation is 1. The standard InChI is InChI=1S/C23H25FN6O/c1-3-26-22(31)19-13-27-23(29-18-5-4-15-8-9-25-12-16(15)11-18)30-21(19)28-17-6-7-20(24)14(2)10-17/h4-7,10-11,13,25H,3,8-9,12H2,1-2H3,(H,26,31)(H2,27,28,29,30). The summed E-state index contributed by atoms with van der Waals surface area (Å²) in [6, 6.07) is 10.9. The predicted octanol–water partition coefficient (Wildman–Crippen LogP) is 3.81. The van der Waals surface area contributed by atoms with Crippen LogP contribution in [-0.2, 0) is 13.0 Å². The molecule has 2 heterocycles. The van der Waals surface area contributed by atoms with E-state index in [1.807, 2.05) is 13.0 Å². The Bertz CT molecular complexity index is 1120. The number of fused-ring (bicyclic) bond motifs is 1. The molecule has 0 bridgehead atoms. The molecule has 31 heavy (non-hydrogen) atoms. The number of nitrogens with zero attached hydrogens (tertiary/aromatic N) is 2. The number of amides is 1. The fraction of sp³-hybridized carbons (Fsp3) is 0.261. The summed E-state index contributed by atoms with van der Waals surface area (Å²) < 4.78 is 13.6. The Morgan fingerprint density at radius 2 is 1.94 bits per heavy atom.